The SMILES string of the molecule is CCN(Cc1ccccc1)C(=S)N(c1ccccc1)C1CCCCC1. The van der Waals surface area contributed by atoms with Gasteiger partial charge in [-0.2, -0.15) is 0 Å². The number of para-hydroxylation sites is 1. The van der Waals surface area contributed by atoms with E-state index in [4.69, 9.17) is 12.2 Å². The number of thiocarbonyl (C=S) groups is 1. The van der Waals surface area contributed by atoms with E-state index >= 15 is 0 Å². The Morgan fingerprint density at radius 2 is 1.52 bits per heavy atom. The van der Waals surface area contributed by atoms with Gasteiger partial charge in [0.15, 0.2) is 5.11 Å². The number of anilines is 1. The molecule has 1 fully saturated rings. The Hall–Kier alpha value is -1.87. The van der Waals surface area contributed by atoms with Gasteiger partial charge < -0.3 is 9.80 Å². The van der Waals surface area contributed by atoms with E-state index in [1.54, 1.807) is 0 Å². The topological polar surface area (TPSA) is 6.48 Å². The zero-order valence-electron chi connectivity index (χ0n) is 15.1. The standard InChI is InChI=1S/C22H28N2S/c1-2-23(18-19-12-6-3-7-13-19)22(25)24(20-14-8-4-9-15-20)21-16-10-5-11-17-21/h3-4,6-9,12-15,21H,2,5,10-11,16-18H2,1H3. The summed E-state index contributed by atoms with van der Waals surface area (Å²) in [7, 11) is 0. The lowest BCUT2D eigenvalue weighted by molar-refractivity contribution is 0.401. The third-order valence-corrected chi connectivity index (χ3v) is 5.50. The monoisotopic (exact) mass is 352 g/mol. The Balaban J connectivity index is 1.84. The zero-order chi connectivity index (χ0) is 17.5. The molecule has 2 aromatic rings. The van der Waals surface area contributed by atoms with E-state index in [2.05, 4.69) is 77.4 Å². The van der Waals surface area contributed by atoms with Crippen molar-refractivity contribution in [3.8, 4) is 0 Å². The van der Waals surface area contributed by atoms with Crippen LogP contribution in [0, 0.1) is 0 Å². The van der Waals surface area contributed by atoms with Crippen LogP contribution >= 0.6 is 12.2 Å². The summed E-state index contributed by atoms with van der Waals surface area (Å²) in [6, 6.07) is 21.8. The van der Waals surface area contributed by atoms with Crippen LogP contribution in [0.2, 0.25) is 0 Å². The molecule has 132 valence electrons. The largest absolute Gasteiger partial charge is 0.345 e. The summed E-state index contributed by atoms with van der Waals surface area (Å²) in [6.07, 6.45) is 6.44. The maximum atomic E-state index is 6.01. The smallest absolute Gasteiger partial charge is 0.176 e. The second-order valence-corrected chi connectivity index (χ2v) is 7.14. The predicted molar refractivity (Wildman–Crippen MR) is 111 cm³/mol. The number of benzene rings is 2. The summed E-state index contributed by atoms with van der Waals surface area (Å²) >= 11 is 6.01. The predicted octanol–water partition coefficient (Wildman–Crippen LogP) is 5.63. The van der Waals surface area contributed by atoms with E-state index in [1.165, 1.54) is 43.4 Å². The third-order valence-electron chi connectivity index (χ3n) is 5.05. The van der Waals surface area contributed by atoms with Crippen LogP contribution in [0.3, 0.4) is 0 Å². The van der Waals surface area contributed by atoms with Crippen molar-refractivity contribution in [3.05, 3.63) is 66.2 Å². The van der Waals surface area contributed by atoms with E-state index in [9.17, 15) is 0 Å². The molecular weight excluding hydrogens is 324 g/mol. The Morgan fingerprint density at radius 3 is 2.12 bits per heavy atom. The van der Waals surface area contributed by atoms with Gasteiger partial charge in [0.05, 0.1) is 0 Å². The molecule has 0 aromatic heterocycles. The molecule has 0 atom stereocenters. The highest BCUT2D eigenvalue weighted by atomic mass is 32.1. The molecule has 0 spiro atoms. The average Bonchev–Trinajstić information content (AvgIpc) is 2.69. The molecule has 0 unspecified atom stereocenters. The first-order chi connectivity index (χ1) is 12.3. The highest BCUT2D eigenvalue weighted by Crippen LogP contribution is 2.29. The van der Waals surface area contributed by atoms with Gasteiger partial charge in [0.2, 0.25) is 0 Å². The maximum absolute atomic E-state index is 6.01. The van der Waals surface area contributed by atoms with Crippen molar-refractivity contribution in [2.24, 2.45) is 0 Å². The van der Waals surface area contributed by atoms with Crippen molar-refractivity contribution in [1.29, 1.82) is 0 Å². The number of hydrogen-bond acceptors (Lipinski definition) is 1. The van der Waals surface area contributed by atoms with Crippen molar-refractivity contribution in [2.75, 3.05) is 11.4 Å². The molecule has 0 saturated heterocycles. The first-order valence-corrected chi connectivity index (χ1v) is 9.87. The molecule has 0 aliphatic heterocycles. The highest BCUT2D eigenvalue weighted by molar-refractivity contribution is 7.80. The molecule has 3 rings (SSSR count). The molecule has 0 bridgehead atoms. The van der Waals surface area contributed by atoms with Gasteiger partial charge in [-0.15, -0.1) is 0 Å². The molecule has 25 heavy (non-hydrogen) atoms. The number of rotatable bonds is 5. The van der Waals surface area contributed by atoms with Crippen molar-refractivity contribution >= 4 is 23.0 Å². The Morgan fingerprint density at radius 1 is 0.920 bits per heavy atom. The zero-order valence-corrected chi connectivity index (χ0v) is 15.9. The number of nitrogens with zero attached hydrogens (tertiary/aromatic N) is 2. The van der Waals surface area contributed by atoms with Crippen LogP contribution < -0.4 is 4.90 Å². The minimum absolute atomic E-state index is 0.522. The first kappa shape index (κ1) is 17.9. The molecule has 1 aliphatic carbocycles. The molecule has 0 radical (unpaired) electrons. The lowest BCUT2D eigenvalue weighted by atomic mass is 9.94. The van der Waals surface area contributed by atoms with Crippen LogP contribution in [0.5, 0.6) is 0 Å². The maximum Gasteiger partial charge on any atom is 0.176 e. The van der Waals surface area contributed by atoms with Crippen LogP contribution in [0.1, 0.15) is 44.6 Å². The van der Waals surface area contributed by atoms with Crippen LogP contribution in [0.4, 0.5) is 5.69 Å². The van der Waals surface area contributed by atoms with Crippen LogP contribution in [0.15, 0.2) is 60.7 Å². The van der Waals surface area contributed by atoms with Gasteiger partial charge in [-0.25, -0.2) is 0 Å². The fourth-order valence-corrected chi connectivity index (χ4v) is 4.12. The van der Waals surface area contributed by atoms with Gasteiger partial charge in [0, 0.05) is 24.8 Å². The van der Waals surface area contributed by atoms with Crippen molar-refractivity contribution in [3.63, 3.8) is 0 Å². The fourth-order valence-electron chi connectivity index (χ4n) is 3.68. The highest BCUT2D eigenvalue weighted by Gasteiger charge is 2.27. The quantitative estimate of drug-likeness (QED) is 0.644. The normalized spacial score (nSPS) is 14.9. The molecule has 3 heteroatoms. The third kappa shape index (κ3) is 4.60. The van der Waals surface area contributed by atoms with Crippen molar-refractivity contribution in [2.45, 2.75) is 51.6 Å². The van der Waals surface area contributed by atoms with Crippen LogP contribution in [0.25, 0.3) is 0 Å². The summed E-state index contributed by atoms with van der Waals surface area (Å²) in [5.74, 6) is 0. The Bertz CT molecular complexity index is 650. The summed E-state index contributed by atoms with van der Waals surface area (Å²) in [4.78, 5) is 4.74. The molecular formula is C22H28N2S. The first-order valence-electron chi connectivity index (χ1n) is 9.46. The molecule has 1 aliphatic rings. The minimum atomic E-state index is 0.522. The van der Waals surface area contributed by atoms with Gasteiger partial charge in [-0.1, -0.05) is 67.8 Å². The van der Waals surface area contributed by atoms with Crippen LogP contribution in [-0.2, 0) is 6.54 Å². The number of hydrogen-bond donors (Lipinski definition) is 0. The molecule has 2 nitrogen and oxygen atoms in total. The average molecular weight is 353 g/mol. The van der Waals surface area contributed by atoms with Gasteiger partial charge in [-0.05, 0) is 49.7 Å². The Kier molecular flexibility index (Phi) is 6.46. The van der Waals surface area contributed by atoms with Crippen molar-refractivity contribution in [1.82, 2.24) is 4.90 Å². The van der Waals surface area contributed by atoms with E-state index in [1.807, 2.05) is 0 Å². The molecule has 0 heterocycles. The van der Waals surface area contributed by atoms with Gasteiger partial charge in [-0.3, -0.25) is 0 Å². The van der Waals surface area contributed by atoms with Gasteiger partial charge >= 0.3 is 0 Å². The molecule has 1 saturated carbocycles. The Labute approximate surface area is 157 Å². The van der Waals surface area contributed by atoms with Gasteiger partial charge in [0.25, 0.3) is 0 Å². The second-order valence-electron chi connectivity index (χ2n) is 6.78. The molecule has 0 amide bonds. The van der Waals surface area contributed by atoms with Crippen LogP contribution in [-0.4, -0.2) is 22.6 Å². The fraction of sp³-hybridized carbons (Fsp3) is 0.409. The summed E-state index contributed by atoms with van der Waals surface area (Å²) in [5, 5.41) is 0.962. The molecule has 0 N–H and O–H groups in total. The summed E-state index contributed by atoms with van der Waals surface area (Å²) < 4.78 is 0. The van der Waals surface area contributed by atoms with E-state index in [-0.39, 0.29) is 0 Å². The lowest BCUT2D eigenvalue weighted by Gasteiger charge is -2.40. The summed E-state index contributed by atoms with van der Waals surface area (Å²) in [6.45, 7) is 3.98. The van der Waals surface area contributed by atoms with Gasteiger partial charge in [0.1, 0.15) is 0 Å². The molecule has 2 aromatic carbocycles. The van der Waals surface area contributed by atoms with Crippen molar-refractivity contribution < 1.29 is 0 Å². The van der Waals surface area contributed by atoms with E-state index < -0.39 is 0 Å². The summed E-state index contributed by atoms with van der Waals surface area (Å²) in [5.41, 5.74) is 2.54. The van der Waals surface area contributed by atoms with E-state index in [0.717, 1.165) is 18.2 Å². The van der Waals surface area contributed by atoms with E-state index in [0.29, 0.717) is 6.04 Å². The lowest BCUT2D eigenvalue weighted by Crippen LogP contribution is -2.48. The minimum Gasteiger partial charge on any atom is -0.345 e. The second kappa shape index (κ2) is 9.00.